The molecule has 0 radical (unpaired) electrons. The Hall–Kier alpha value is -2.72. The number of carbonyl (C=O) groups is 1. The third kappa shape index (κ3) is 6.41. The second kappa shape index (κ2) is 11.3. The summed E-state index contributed by atoms with van der Waals surface area (Å²) in [5.41, 5.74) is 1.95. The number of rotatable bonds is 10. The molecule has 10 heteroatoms. The van der Waals surface area contributed by atoms with Crippen LogP contribution in [0.15, 0.2) is 66.0 Å². The molecular formula is C27H31ClN4O4S. The van der Waals surface area contributed by atoms with Gasteiger partial charge in [-0.3, -0.25) is 9.69 Å². The van der Waals surface area contributed by atoms with Crippen LogP contribution >= 0.6 is 11.6 Å². The summed E-state index contributed by atoms with van der Waals surface area (Å²) in [4.78, 5) is 22.0. The molecule has 0 N–H and O–H groups in total. The molecule has 37 heavy (non-hydrogen) atoms. The topological polar surface area (TPSA) is 84.7 Å². The zero-order valence-electron chi connectivity index (χ0n) is 20.6. The lowest BCUT2D eigenvalue weighted by atomic mass is 10.2. The third-order valence-corrected chi connectivity index (χ3v) is 8.54. The third-order valence-electron chi connectivity index (χ3n) is 6.73. The molecule has 2 aromatic carbocycles. The molecule has 2 fully saturated rings. The zero-order chi connectivity index (χ0) is 25.8. The highest BCUT2D eigenvalue weighted by Crippen LogP contribution is 2.39. The molecule has 196 valence electrons. The van der Waals surface area contributed by atoms with E-state index in [-0.39, 0.29) is 29.4 Å². The number of amides is 1. The minimum atomic E-state index is -3.66. The van der Waals surface area contributed by atoms with Gasteiger partial charge in [-0.15, -0.1) is 0 Å². The molecule has 0 atom stereocenters. The molecule has 1 aromatic heterocycles. The average molecular weight is 543 g/mol. The first-order valence-corrected chi connectivity index (χ1v) is 14.6. The molecule has 1 saturated carbocycles. The average Bonchev–Trinajstić information content (AvgIpc) is 3.65. The van der Waals surface area contributed by atoms with E-state index in [4.69, 9.17) is 16.3 Å². The molecule has 2 aliphatic rings. The number of sulfone groups is 1. The maximum atomic E-state index is 13.6. The van der Waals surface area contributed by atoms with Crippen LogP contribution in [0.5, 0.6) is 0 Å². The standard InChI is InChI=1S/C27H31ClN4O4S/c28-23-8-4-7-22(17-23)26(33)31(12-11-30-13-15-36-16-14-30)19-25-18-29-27(32(25)24-9-10-24)37(34,35)20-21-5-2-1-3-6-21/h1-8,17-18,24H,9-16,19-20H2. The minimum absolute atomic E-state index is 0.0807. The Labute approximate surface area is 222 Å². The van der Waals surface area contributed by atoms with Crippen LogP contribution in [-0.2, 0) is 26.9 Å². The number of morpholine rings is 1. The molecule has 8 nitrogen and oxygen atoms in total. The van der Waals surface area contributed by atoms with E-state index in [1.54, 1.807) is 47.5 Å². The van der Waals surface area contributed by atoms with Gasteiger partial charge in [0.05, 0.1) is 37.4 Å². The van der Waals surface area contributed by atoms with Crippen LogP contribution in [0.3, 0.4) is 0 Å². The first-order valence-electron chi connectivity index (χ1n) is 12.6. The Balaban J connectivity index is 1.42. The molecule has 1 aliphatic heterocycles. The van der Waals surface area contributed by atoms with Crippen molar-refractivity contribution in [2.24, 2.45) is 0 Å². The number of imidazole rings is 1. The van der Waals surface area contributed by atoms with Crippen molar-refractivity contribution in [2.45, 2.75) is 36.3 Å². The second-order valence-electron chi connectivity index (χ2n) is 9.57. The summed E-state index contributed by atoms with van der Waals surface area (Å²) in [6.07, 6.45) is 3.41. The number of nitrogens with zero attached hydrogens (tertiary/aromatic N) is 4. The largest absolute Gasteiger partial charge is 0.379 e. The summed E-state index contributed by atoms with van der Waals surface area (Å²) in [6, 6.07) is 16.1. The van der Waals surface area contributed by atoms with Gasteiger partial charge in [-0.2, -0.15) is 0 Å². The smallest absolute Gasteiger partial charge is 0.254 e. The Morgan fingerprint density at radius 2 is 1.84 bits per heavy atom. The zero-order valence-corrected chi connectivity index (χ0v) is 22.2. The molecule has 1 aliphatic carbocycles. The predicted molar refractivity (Wildman–Crippen MR) is 141 cm³/mol. The molecule has 0 spiro atoms. The van der Waals surface area contributed by atoms with Crippen LogP contribution in [0, 0.1) is 0 Å². The summed E-state index contributed by atoms with van der Waals surface area (Å²) in [6.45, 7) is 4.46. The van der Waals surface area contributed by atoms with E-state index >= 15 is 0 Å². The molecule has 5 rings (SSSR count). The second-order valence-corrected chi connectivity index (χ2v) is 11.9. The Morgan fingerprint density at radius 1 is 1.08 bits per heavy atom. The number of aromatic nitrogens is 2. The Bertz CT molecular complexity index is 1340. The summed E-state index contributed by atoms with van der Waals surface area (Å²) in [7, 11) is -3.66. The van der Waals surface area contributed by atoms with Crippen molar-refractivity contribution in [1.29, 1.82) is 0 Å². The van der Waals surface area contributed by atoms with E-state index in [1.807, 2.05) is 22.8 Å². The molecule has 2 heterocycles. The SMILES string of the molecule is O=C(c1cccc(Cl)c1)N(CCN1CCOCC1)Cc1cnc(S(=O)(=O)Cc2ccccc2)n1C1CC1. The van der Waals surface area contributed by atoms with Crippen molar-refractivity contribution in [3.05, 3.63) is 82.6 Å². The minimum Gasteiger partial charge on any atom is -0.379 e. The maximum absolute atomic E-state index is 13.6. The van der Waals surface area contributed by atoms with Crippen LogP contribution in [-0.4, -0.2) is 73.1 Å². The van der Waals surface area contributed by atoms with Crippen LogP contribution in [0.4, 0.5) is 0 Å². The van der Waals surface area contributed by atoms with E-state index in [0.717, 1.165) is 37.2 Å². The van der Waals surface area contributed by atoms with Gasteiger partial charge < -0.3 is 14.2 Å². The monoisotopic (exact) mass is 542 g/mol. The van der Waals surface area contributed by atoms with Gasteiger partial charge in [0.2, 0.25) is 15.0 Å². The van der Waals surface area contributed by atoms with Gasteiger partial charge in [0.25, 0.3) is 5.91 Å². The van der Waals surface area contributed by atoms with Crippen molar-refractivity contribution in [3.63, 3.8) is 0 Å². The van der Waals surface area contributed by atoms with Crippen molar-refractivity contribution >= 4 is 27.3 Å². The van der Waals surface area contributed by atoms with Crippen LogP contribution in [0.2, 0.25) is 5.02 Å². The van der Waals surface area contributed by atoms with Crippen LogP contribution < -0.4 is 0 Å². The number of ether oxygens (including phenoxy) is 1. The number of hydrogen-bond donors (Lipinski definition) is 0. The van der Waals surface area contributed by atoms with Gasteiger partial charge in [-0.1, -0.05) is 48.0 Å². The summed E-state index contributed by atoms with van der Waals surface area (Å²) in [5.74, 6) is -0.257. The molecule has 1 amide bonds. The first-order chi connectivity index (χ1) is 17.9. The van der Waals surface area contributed by atoms with E-state index in [2.05, 4.69) is 9.88 Å². The van der Waals surface area contributed by atoms with Gasteiger partial charge >= 0.3 is 0 Å². The highest BCUT2D eigenvalue weighted by atomic mass is 35.5. The van der Waals surface area contributed by atoms with Gasteiger partial charge in [-0.25, -0.2) is 13.4 Å². The summed E-state index contributed by atoms with van der Waals surface area (Å²) in [5, 5.41) is 0.577. The highest BCUT2D eigenvalue weighted by molar-refractivity contribution is 7.90. The highest BCUT2D eigenvalue weighted by Gasteiger charge is 2.34. The van der Waals surface area contributed by atoms with E-state index < -0.39 is 9.84 Å². The van der Waals surface area contributed by atoms with Crippen molar-refractivity contribution in [3.8, 4) is 0 Å². The quantitative estimate of drug-likeness (QED) is 0.387. The number of hydrogen-bond acceptors (Lipinski definition) is 6. The van der Waals surface area contributed by atoms with Gasteiger partial charge in [-0.05, 0) is 36.6 Å². The maximum Gasteiger partial charge on any atom is 0.254 e. The summed E-state index contributed by atoms with van der Waals surface area (Å²) >= 11 is 6.17. The molecule has 3 aromatic rings. The number of carbonyl (C=O) groups excluding carboxylic acids is 1. The van der Waals surface area contributed by atoms with Crippen molar-refractivity contribution < 1.29 is 17.9 Å². The van der Waals surface area contributed by atoms with E-state index in [1.165, 1.54) is 0 Å². The van der Waals surface area contributed by atoms with Gasteiger partial charge in [0, 0.05) is 42.8 Å². The fraction of sp³-hybridized carbons (Fsp3) is 0.407. The Kier molecular flexibility index (Phi) is 7.95. The molecule has 0 unspecified atom stereocenters. The fourth-order valence-corrected chi connectivity index (χ4v) is 6.37. The van der Waals surface area contributed by atoms with E-state index in [0.29, 0.717) is 36.9 Å². The van der Waals surface area contributed by atoms with Crippen LogP contribution in [0.1, 0.15) is 40.5 Å². The first kappa shape index (κ1) is 25.9. The molecule has 1 saturated heterocycles. The predicted octanol–water partition coefficient (Wildman–Crippen LogP) is 3.82. The fourth-order valence-electron chi connectivity index (χ4n) is 4.64. The summed E-state index contributed by atoms with van der Waals surface area (Å²) < 4.78 is 34.1. The normalized spacial score (nSPS) is 16.6. The number of benzene rings is 2. The van der Waals surface area contributed by atoms with Crippen LogP contribution in [0.25, 0.3) is 0 Å². The van der Waals surface area contributed by atoms with E-state index in [9.17, 15) is 13.2 Å². The lowest BCUT2D eigenvalue weighted by Crippen LogP contribution is -2.43. The number of halogens is 1. The van der Waals surface area contributed by atoms with Gasteiger partial charge in [0.15, 0.2) is 0 Å². The molecule has 0 bridgehead atoms. The molecular weight excluding hydrogens is 512 g/mol. The van der Waals surface area contributed by atoms with Crippen molar-refractivity contribution in [1.82, 2.24) is 19.4 Å². The van der Waals surface area contributed by atoms with Crippen molar-refractivity contribution in [2.75, 3.05) is 39.4 Å². The lowest BCUT2D eigenvalue weighted by Gasteiger charge is -2.30. The Morgan fingerprint density at radius 3 is 2.54 bits per heavy atom. The van der Waals surface area contributed by atoms with Gasteiger partial charge in [0.1, 0.15) is 0 Å². The lowest BCUT2D eigenvalue weighted by molar-refractivity contribution is 0.0319.